The minimum atomic E-state index is -0.381. The quantitative estimate of drug-likeness (QED) is 0.721. The number of carbonyl (C=O) groups is 1. The van der Waals surface area contributed by atoms with Crippen LogP contribution in [0.25, 0.3) is 10.9 Å². The van der Waals surface area contributed by atoms with Gasteiger partial charge in [0.2, 0.25) is 0 Å². The number of esters is 1. The molecule has 158 valence electrons. The summed E-state index contributed by atoms with van der Waals surface area (Å²) in [5.74, 6) is 0.256. The molecule has 2 unspecified atom stereocenters. The van der Waals surface area contributed by atoms with E-state index in [-0.39, 0.29) is 36.4 Å². The third-order valence-electron chi connectivity index (χ3n) is 6.74. The number of aromatic nitrogens is 1. The van der Waals surface area contributed by atoms with Crippen molar-refractivity contribution in [1.29, 1.82) is 0 Å². The maximum atomic E-state index is 12.5. The van der Waals surface area contributed by atoms with E-state index >= 15 is 0 Å². The van der Waals surface area contributed by atoms with Crippen molar-refractivity contribution in [2.75, 3.05) is 47.6 Å². The van der Waals surface area contributed by atoms with Gasteiger partial charge in [0.25, 0.3) is 0 Å². The first kappa shape index (κ1) is 20.2. The molecule has 2 N–H and O–H groups in total. The molecule has 4 atom stereocenters. The smallest absolute Gasteiger partial charge is 0.311 e. The first-order valence-electron chi connectivity index (χ1n) is 10.2. The number of aromatic amines is 1. The van der Waals surface area contributed by atoms with Gasteiger partial charge in [-0.3, -0.25) is 9.69 Å². The topological polar surface area (TPSA) is 84.0 Å². The highest BCUT2D eigenvalue weighted by Crippen LogP contribution is 2.46. The number of carbonyl (C=O) groups excluding carboxylic acids is 1. The molecule has 0 aliphatic carbocycles. The van der Waals surface area contributed by atoms with Crippen molar-refractivity contribution in [2.24, 2.45) is 17.8 Å². The molecule has 1 aromatic heterocycles. The molecule has 0 spiro atoms. The van der Waals surface area contributed by atoms with Crippen molar-refractivity contribution in [1.82, 2.24) is 9.88 Å². The highest BCUT2D eigenvalue weighted by atomic mass is 16.5. The first-order chi connectivity index (χ1) is 14.1. The van der Waals surface area contributed by atoms with Crippen molar-refractivity contribution in [2.45, 2.75) is 18.9 Å². The van der Waals surface area contributed by atoms with Crippen LogP contribution in [0.15, 0.2) is 18.2 Å². The van der Waals surface area contributed by atoms with E-state index in [4.69, 9.17) is 14.2 Å². The summed E-state index contributed by atoms with van der Waals surface area (Å²) in [4.78, 5) is 18.5. The van der Waals surface area contributed by atoms with Gasteiger partial charge >= 0.3 is 5.97 Å². The third-order valence-corrected chi connectivity index (χ3v) is 6.74. The van der Waals surface area contributed by atoms with Crippen LogP contribution in [-0.4, -0.2) is 68.6 Å². The van der Waals surface area contributed by atoms with E-state index in [0.717, 1.165) is 42.6 Å². The molecule has 0 amide bonds. The van der Waals surface area contributed by atoms with Crippen LogP contribution in [0.4, 0.5) is 0 Å². The standard InChI is InChI=1S/C22H30N2O5/c1-27-12-16(22(26)29-3)15-9-18-21-14(7-8-24(18)10-13(15)11-25)20-17(23-21)5-4-6-19(20)28-2/h4-6,13,15-16,18,23,25H,7-12H2,1-3H3/t13-,15-,16?,18?/m0/s1. The molecule has 2 aromatic rings. The minimum Gasteiger partial charge on any atom is -0.496 e. The predicted octanol–water partition coefficient (Wildman–Crippen LogP) is 2.14. The number of methoxy groups -OCH3 is 3. The fourth-order valence-electron chi connectivity index (χ4n) is 5.37. The van der Waals surface area contributed by atoms with Crippen molar-refractivity contribution >= 4 is 16.9 Å². The molecule has 0 saturated carbocycles. The van der Waals surface area contributed by atoms with Gasteiger partial charge in [0.05, 0.1) is 32.8 Å². The van der Waals surface area contributed by atoms with E-state index in [9.17, 15) is 9.90 Å². The number of hydrogen-bond donors (Lipinski definition) is 2. The lowest BCUT2D eigenvalue weighted by atomic mass is 9.72. The molecule has 7 heteroatoms. The summed E-state index contributed by atoms with van der Waals surface area (Å²) in [7, 11) is 4.72. The van der Waals surface area contributed by atoms with Crippen LogP contribution in [0.2, 0.25) is 0 Å². The van der Waals surface area contributed by atoms with Gasteiger partial charge in [-0.25, -0.2) is 0 Å². The molecular weight excluding hydrogens is 372 g/mol. The van der Waals surface area contributed by atoms with Crippen molar-refractivity contribution in [3.05, 3.63) is 29.5 Å². The number of ether oxygens (including phenoxy) is 3. The lowest BCUT2D eigenvalue weighted by Crippen LogP contribution is -2.50. The Hall–Kier alpha value is -2.09. The van der Waals surface area contributed by atoms with Gasteiger partial charge in [0, 0.05) is 43.4 Å². The van der Waals surface area contributed by atoms with Crippen molar-refractivity contribution < 1.29 is 24.1 Å². The number of nitrogens with zero attached hydrogens (tertiary/aromatic N) is 1. The van der Waals surface area contributed by atoms with E-state index < -0.39 is 0 Å². The number of benzene rings is 1. The second-order valence-corrected chi connectivity index (χ2v) is 8.09. The second kappa shape index (κ2) is 8.34. The van der Waals surface area contributed by atoms with Gasteiger partial charge in [0.1, 0.15) is 5.75 Å². The predicted molar refractivity (Wildman–Crippen MR) is 109 cm³/mol. The van der Waals surface area contributed by atoms with E-state index in [1.165, 1.54) is 18.4 Å². The van der Waals surface area contributed by atoms with Gasteiger partial charge in [-0.2, -0.15) is 0 Å². The SMILES string of the molecule is COCC(C(=O)OC)[C@H]1CC2c3[nH]c4cccc(OC)c4c3CCN2C[C@H]1CO. The van der Waals surface area contributed by atoms with Crippen LogP contribution in [0, 0.1) is 17.8 Å². The van der Waals surface area contributed by atoms with Crippen LogP contribution in [0.1, 0.15) is 23.7 Å². The summed E-state index contributed by atoms with van der Waals surface area (Å²) in [5.41, 5.74) is 3.60. The minimum absolute atomic E-state index is 0.00657. The van der Waals surface area contributed by atoms with Gasteiger partial charge in [0.15, 0.2) is 0 Å². The highest BCUT2D eigenvalue weighted by molar-refractivity contribution is 5.91. The molecular formula is C22H30N2O5. The Bertz CT molecular complexity index is 879. The van der Waals surface area contributed by atoms with Crippen molar-refractivity contribution in [3.8, 4) is 5.75 Å². The maximum absolute atomic E-state index is 12.5. The van der Waals surface area contributed by atoms with E-state index in [1.807, 2.05) is 12.1 Å². The van der Waals surface area contributed by atoms with Crippen LogP contribution in [0.3, 0.4) is 0 Å². The normalized spacial score (nSPS) is 25.3. The summed E-state index contributed by atoms with van der Waals surface area (Å²) < 4.78 is 16.0. The van der Waals surface area contributed by atoms with E-state index in [0.29, 0.717) is 6.61 Å². The zero-order valence-electron chi connectivity index (χ0n) is 17.3. The summed E-state index contributed by atoms with van der Waals surface area (Å²) in [6.45, 7) is 2.04. The van der Waals surface area contributed by atoms with E-state index in [1.54, 1.807) is 14.2 Å². The largest absolute Gasteiger partial charge is 0.496 e. The summed E-state index contributed by atoms with van der Waals surface area (Å²) in [5, 5.41) is 11.2. The van der Waals surface area contributed by atoms with E-state index in [2.05, 4.69) is 16.0 Å². The molecule has 1 aromatic carbocycles. The summed E-state index contributed by atoms with van der Waals surface area (Å²) in [6.07, 6.45) is 1.71. The number of fused-ring (bicyclic) bond motifs is 5. The van der Waals surface area contributed by atoms with Gasteiger partial charge in [-0.05, 0) is 42.4 Å². The zero-order valence-corrected chi connectivity index (χ0v) is 17.3. The number of aliphatic hydroxyl groups is 1. The number of nitrogens with one attached hydrogen (secondary N) is 1. The molecule has 0 bridgehead atoms. The zero-order chi connectivity index (χ0) is 20.5. The Kier molecular flexibility index (Phi) is 5.81. The fourth-order valence-corrected chi connectivity index (χ4v) is 5.37. The molecule has 2 aliphatic heterocycles. The Labute approximate surface area is 170 Å². The average Bonchev–Trinajstić information content (AvgIpc) is 3.15. The van der Waals surface area contributed by atoms with Gasteiger partial charge in [-0.15, -0.1) is 0 Å². The Morgan fingerprint density at radius 3 is 2.86 bits per heavy atom. The lowest BCUT2D eigenvalue weighted by Gasteiger charge is -2.47. The number of H-pyrrole nitrogens is 1. The number of hydrogen-bond acceptors (Lipinski definition) is 6. The van der Waals surface area contributed by atoms with Gasteiger partial charge in [-0.1, -0.05) is 6.07 Å². The van der Waals surface area contributed by atoms with Crippen molar-refractivity contribution in [3.63, 3.8) is 0 Å². The molecule has 29 heavy (non-hydrogen) atoms. The highest BCUT2D eigenvalue weighted by Gasteiger charge is 2.45. The fraction of sp³-hybridized carbons (Fsp3) is 0.591. The second-order valence-electron chi connectivity index (χ2n) is 8.09. The summed E-state index contributed by atoms with van der Waals surface area (Å²) >= 11 is 0. The van der Waals surface area contributed by atoms with Crippen LogP contribution < -0.4 is 4.74 Å². The molecule has 0 radical (unpaired) electrons. The average molecular weight is 402 g/mol. The Morgan fingerprint density at radius 1 is 1.34 bits per heavy atom. The number of aliphatic hydroxyl groups excluding tert-OH is 1. The Balaban J connectivity index is 1.72. The first-order valence-corrected chi connectivity index (χ1v) is 10.2. The molecule has 1 saturated heterocycles. The number of piperidine rings is 1. The molecule has 3 heterocycles. The van der Waals surface area contributed by atoms with Crippen LogP contribution in [-0.2, 0) is 20.7 Å². The molecule has 4 rings (SSSR count). The van der Waals surface area contributed by atoms with Gasteiger partial charge < -0.3 is 24.3 Å². The Morgan fingerprint density at radius 2 is 2.17 bits per heavy atom. The molecule has 1 fully saturated rings. The molecule has 2 aliphatic rings. The summed E-state index contributed by atoms with van der Waals surface area (Å²) in [6, 6.07) is 6.26. The maximum Gasteiger partial charge on any atom is 0.311 e. The van der Waals surface area contributed by atoms with Crippen LogP contribution >= 0.6 is 0 Å². The lowest BCUT2D eigenvalue weighted by molar-refractivity contribution is -0.153. The third kappa shape index (κ3) is 3.41. The monoisotopic (exact) mass is 402 g/mol. The van der Waals surface area contributed by atoms with Crippen LogP contribution in [0.5, 0.6) is 5.75 Å². The number of rotatable bonds is 6. The molecule has 7 nitrogen and oxygen atoms in total.